The van der Waals surface area contributed by atoms with E-state index in [1.807, 2.05) is 0 Å². The average Bonchev–Trinajstić information content (AvgIpc) is 2.37. The molecule has 0 saturated heterocycles. The van der Waals surface area contributed by atoms with Crippen molar-refractivity contribution >= 4 is 44.8 Å². The molecule has 0 N–H and O–H groups in total. The van der Waals surface area contributed by atoms with Gasteiger partial charge in [-0.05, 0) is 22.0 Å². The number of aromatic nitrogens is 2. The Morgan fingerprint density at radius 3 is 2.70 bits per heavy atom. The molecule has 20 heavy (non-hydrogen) atoms. The molecule has 0 aliphatic rings. The Balaban J connectivity index is 2.47. The SMILES string of the molecule is O=c1c(Br)cc([N+](=O)[O-])cn1Cc1cnc(Cl)cc1Cl. The Morgan fingerprint density at radius 2 is 2.10 bits per heavy atom. The Hall–Kier alpha value is -1.44. The third kappa shape index (κ3) is 3.17. The van der Waals surface area contributed by atoms with Gasteiger partial charge in [0.25, 0.3) is 11.2 Å². The molecule has 0 unspecified atom stereocenters. The lowest BCUT2D eigenvalue weighted by molar-refractivity contribution is -0.385. The van der Waals surface area contributed by atoms with Crippen molar-refractivity contribution < 1.29 is 4.92 Å². The monoisotopic (exact) mass is 377 g/mol. The normalized spacial score (nSPS) is 10.6. The first kappa shape index (κ1) is 15.0. The molecular weight excluding hydrogens is 373 g/mol. The molecule has 6 nitrogen and oxygen atoms in total. The maximum atomic E-state index is 11.9. The van der Waals surface area contributed by atoms with Crippen LogP contribution in [0.4, 0.5) is 5.69 Å². The lowest BCUT2D eigenvalue weighted by Gasteiger charge is -2.08. The number of rotatable bonds is 3. The van der Waals surface area contributed by atoms with Gasteiger partial charge < -0.3 is 4.57 Å². The summed E-state index contributed by atoms with van der Waals surface area (Å²) in [6, 6.07) is 2.59. The summed E-state index contributed by atoms with van der Waals surface area (Å²) < 4.78 is 1.28. The van der Waals surface area contributed by atoms with E-state index < -0.39 is 10.5 Å². The van der Waals surface area contributed by atoms with E-state index in [0.717, 1.165) is 12.3 Å². The highest BCUT2D eigenvalue weighted by molar-refractivity contribution is 9.10. The number of pyridine rings is 2. The van der Waals surface area contributed by atoms with Crippen LogP contribution in [0.1, 0.15) is 5.56 Å². The van der Waals surface area contributed by atoms with Gasteiger partial charge in [0.15, 0.2) is 0 Å². The first-order valence-electron chi connectivity index (χ1n) is 5.23. The quantitative estimate of drug-likeness (QED) is 0.466. The molecule has 0 aliphatic carbocycles. The predicted octanol–water partition coefficient (Wildman–Crippen LogP) is 3.27. The van der Waals surface area contributed by atoms with Crippen LogP contribution in [0.2, 0.25) is 10.2 Å². The van der Waals surface area contributed by atoms with Gasteiger partial charge in [-0.15, -0.1) is 0 Å². The highest BCUT2D eigenvalue weighted by Crippen LogP contribution is 2.20. The summed E-state index contributed by atoms with van der Waals surface area (Å²) in [6.07, 6.45) is 2.57. The predicted molar refractivity (Wildman–Crippen MR) is 78.4 cm³/mol. The lowest BCUT2D eigenvalue weighted by Crippen LogP contribution is -2.21. The van der Waals surface area contributed by atoms with Crippen LogP contribution in [0.3, 0.4) is 0 Å². The van der Waals surface area contributed by atoms with Crippen LogP contribution in [-0.4, -0.2) is 14.5 Å². The summed E-state index contributed by atoms with van der Waals surface area (Å²) in [6.45, 7) is 0.0577. The molecule has 0 bridgehead atoms. The molecule has 2 aromatic rings. The fourth-order valence-corrected chi connectivity index (χ4v) is 2.43. The average molecular weight is 379 g/mol. The van der Waals surface area contributed by atoms with Gasteiger partial charge in [-0.25, -0.2) is 4.98 Å². The fraction of sp³-hybridized carbons (Fsp3) is 0.0909. The van der Waals surface area contributed by atoms with Gasteiger partial charge in [-0.3, -0.25) is 14.9 Å². The molecule has 0 radical (unpaired) electrons. The van der Waals surface area contributed by atoms with Gasteiger partial charge in [0.05, 0.1) is 27.2 Å². The van der Waals surface area contributed by atoms with Gasteiger partial charge >= 0.3 is 0 Å². The van der Waals surface area contributed by atoms with E-state index in [9.17, 15) is 14.9 Å². The van der Waals surface area contributed by atoms with Gasteiger partial charge in [-0.2, -0.15) is 0 Å². The van der Waals surface area contributed by atoms with E-state index in [-0.39, 0.29) is 21.9 Å². The Labute approximate surface area is 131 Å². The van der Waals surface area contributed by atoms with E-state index in [1.54, 1.807) is 0 Å². The summed E-state index contributed by atoms with van der Waals surface area (Å²) in [7, 11) is 0. The minimum Gasteiger partial charge on any atom is -0.303 e. The number of nitro groups is 1. The zero-order chi connectivity index (χ0) is 14.9. The van der Waals surface area contributed by atoms with Crippen LogP contribution in [-0.2, 0) is 6.54 Å². The molecule has 2 rings (SSSR count). The molecule has 0 spiro atoms. The second-order valence-corrected chi connectivity index (χ2v) is 5.48. The molecule has 0 fully saturated rings. The summed E-state index contributed by atoms with van der Waals surface area (Å²) in [5.74, 6) is 0. The minimum atomic E-state index is -0.581. The molecule has 0 saturated carbocycles. The van der Waals surface area contributed by atoms with E-state index in [2.05, 4.69) is 20.9 Å². The maximum absolute atomic E-state index is 11.9. The Kier molecular flexibility index (Phi) is 4.42. The highest BCUT2D eigenvalue weighted by Gasteiger charge is 2.13. The zero-order valence-corrected chi connectivity index (χ0v) is 12.8. The highest BCUT2D eigenvalue weighted by atomic mass is 79.9. The largest absolute Gasteiger partial charge is 0.303 e. The first-order chi connectivity index (χ1) is 9.38. The molecule has 2 heterocycles. The minimum absolute atomic E-state index is 0.0577. The summed E-state index contributed by atoms with van der Waals surface area (Å²) in [4.78, 5) is 26.0. The van der Waals surface area contributed by atoms with Crippen molar-refractivity contribution in [2.45, 2.75) is 6.54 Å². The fourth-order valence-electron chi connectivity index (χ4n) is 1.54. The second kappa shape index (κ2) is 5.90. The van der Waals surface area contributed by atoms with Crippen molar-refractivity contribution in [1.29, 1.82) is 0 Å². The molecule has 2 aromatic heterocycles. The van der Waals surface area contributed by atoms with E-state index in [0.29, 0.717) is 10.6 Å². The summed E-state index contributed by atoms with van der Waals surface area (Å²) >= 11 is 14.7. The van der Waals surface area contributed by atoms with Gasteiger partial charge in [0.2, 0.25) is 0 Å². The van der Waals surface area contributed by atoms with Crippen molar-refractivity contribution in [1.82, 2.24) is 9.55 Å². The van der Waals surface area contributed by atoms with Gasteiger partial charge in [0.1, 0.15) is 5.15 Å². The summed E-state index contributed by atoms with van der Waals surface area (Å²) in [5.41, 5.74) is -0.0679. The number of hydrogen-bond acceptors (Lipinski definition) is 4. The second-order valence-electron chi connectivity index (χ2n) is 3.83. The first-order valence-corrected chi connectivity index (χ1v) is 6.77. The third-order valence-electron chi connectivity index (χ3n) is 2.48. The summed E-state index contributed by atoms with van der Waals surface area (Å²) in [5, 5.41) is 11.4. The topological polar surface area (TPSA) is 78.0 Å². The van der Waals surface area contributed by atoms with Crippen LogP contribution in [0.15, 0.2) is 33.8 Å². The van der Waals surface area contributed by atoms with Crippen molar-refractivity contribution in [3.05, 3.63) is 65.2 Å². The smallest absolute Gasteiger partial charge is 0.286 e. The van der Waals surface area contributed by atoms with Crippen molar-refractivity contribution in [2.24, 2.45) is 0 Å². The van der Waals surface area contributed by atoms with Crippen molar-refractivity contribution in [3.63, 3.8) is 0 Å². The molecule has 0 atom stereocenters. The van der Waals surface area contributed by atoms with Crippen molar-refractivity contribution in [3.8, 4) is 0 Å². The molecule has 104 valence electrons. The van der Waals surface area contributed by atoms with E-state index in [4.69, 9.17) is 23.2 Å². The Morgan fingerprint density at radius 1 is 1.40 bits per heavy atom. The lowest BCUT2D eigenvalue weighted by atomic mass is 10.2. The number of nitrogens with zero attached hydrogens (tertiary/aromatic N) is 3. The molecule has 0 aromatic carbocycles. The van der Waals surface area contributed by atoms with Gasteiger partial charge in [-0.1, -0.05) is 23.2 Å². The van der Waals surface area contributed by atoms with Crippen molar-refractivity contribution in [2.75, 3.05) is 0 Å². The Bertz CT molecular complexity index is 748. The molecular formula is C11H6BrCl2N3O3. The zero-order valence-electron chi connectivity index (χ0n) is 9.72. The molecule has 0 amide bonds. The van der Waals surface area contributed by atoms with Crippen LogP contribution >= 0.6 is 39.1 Å². The van der Waals surface area contributed by atoms with Crippen LogP contribution in [0.25, 0.3) is 0 Å². The van der Waals surface area contributed by atoms with E-state index in [1.165, 1.54) is 16.8 Å². The van der Waals surface area contributed by atoms with E-state index >= 15 is 0 Å². The maximum Gasteiger partial charge on any atom is 0.286 e. The molecule has 9 heteroatoms. The number of hydrogen-bond donors (Lipinski definition) is 0. The van der Waals surface area contributed by atoms with Crippen LogP contribution < -0.4 is 5.56 Å². The molecule has 0 aliphatic heterocycles. The standard InChI is InChI=1S/C11H6BrCl2N3O3/c12-8-1-7(17(19)20)5-16(11(8)18)4-6-3-15-10(14)2-9(6)13/h1-3,5H,4H2. The van der Waals surface area contributed by atoms with Crippen LogP contribution in [0, 0.1) is 10.1 Å². The van der Waals surface area contributed by atoms with Crippen LogP contribution in [0.5, 0.6) is 0 Å². The van der Waals surface area contributed by atoms with Gasteiger partial charge in [0, 0.05) is 17.8 Å². The third-order valence-corrected chi connectivity index (χ3v) is 3.60. The number of halogens is 3.